The lowest BCUT2D eigenvalue weighted by Gasteiger charge is -2.07. The normalized spacial score (nSPS) is 10.3. The molecule has 1 heterocycles. The Bertz CT molecular complexity index is 749. The summed E-state index contributed by atoms with van der Waals surface area (Å²) in [5.74, 6) is 0. The van der Waals surface area contributed by atoms with Crippen LogP contribution in [0.4, 0.5) is 0 Å². The van der Waals surface area contributed by atoms with Gasteiger partial charge in [0.2, 0.25) is 0 Å². The van der Waals surface area contributed by atoms with Crippen molar-refractivity contribution in [2.24, 2.45) is 0 Å². The molecule has 0 fully saturated rings. The third kappa shape index (κ3) is 2.78. The molecule has 3 rings (SSSR count). The van der Waals surface area contributed by atoms with E-state index in [0.717, 1.165) is 16.9 Å². The Labute approximate surface area is 132 Å². The van der Waals surface area contributed by atoms with E-state index in [-0.39, 0.29) is 0 Å². The molecule has 0 radical (unpaired) electrons. The van der Waals surface area contributed by atoms with Crippen LogP contribution in [0.25, 0.3) is 16.9 Å². The molecule has 0 atom stereocenters. The van der Waals surface area contributed by atoms with Crippen molar-refractivity contribution in [2.45, 2.75) is 0 Å². The average molecular weight is 314 g/mol. The van der Waals surface area contributed by atoms with E-state index in [2.05, 4.69) is 11.2 Å². The number of nitriles is 1. The Hall–Kier alpha value is -2.28. The van der Waals surface area contributed by atoms with E-state index in [0.29, 0.717) is 15.7 Å². The quantitative estimate of drug-likeness (QED) is 0.687. The summed E-state index contributed by atoms with van der Waals surface area (Å²) in [7, 11) is 0. The second-order valence-corrected chi connectivity index (χ2v) is 5.29. The van der Waals surface area contributed by atoms with Crippen LogP contribution in [0.15, 0.2) is 54.6 Å². The summed E-state index contributed by atoms with van der Waals surface area (Å²) in [4.78, 5) is 0. The highest BCUT2D eigenvalue weighted by molar-refractivity contribution is 6.30. The fourth-order valence-corrected chi connectivity index (χ4v) is 2.29. The summed E-state index contributed by atoms with van der Waals surface area (Å²) in [6.07, 6.45) is 0. The summed E-state index contributed by atoms with van der Waals surface area (Å²) in [6, 6.07) is 18.5. The fourth-order valence-electron chi connectivity index (χ4n) is 2.04. The van der Waals surface area contributed by atoms with Crippen LogP contribution in [0.1, 0.15) is 5.69 Å². The lowest BCUT2D eigenvalue weighted by molar-refractivity contribution is 0.880. The second-order valence-electron chi connectivity index (χ2n) is 4.42. The number of halogens is 2. The first kappa shape index (κ1) is 13.7. The lowest BCUT2D eigenvalue weighted by Crippen LogP contribution is -1.99. The molecule has 3 aromatic rings. The minimum absolute atomic E-state index is 0.356. The summed E-state index contributed by atoms with van der Waals surface area (Å²) < 4.78 is 1.72. The van der Waals surface area contributed by atoms with Crippen LogP contribution in [0.2, 0.25) is 10.0 Å². The highest BCUT2D eigenvalue weighted by Crippen LogP contribution is 2.26. The zero-order valence-electron chi connectivity index (χ0n) is 10.8. The van der Waals surface area contributed by atoms with Crippen molar-refractivity contribution in [3.8, 4) is 23.0 Å². The van der Waals surface area contributed by atoms with Gasteiger partial charge in [-0.05, 0) is 36.4 Å². The van der Waals surface area contributed by atoms with Crippen molar-refractivity contribution in [1.29, 1.82) is 5.26 Å². The van der Waals surface area contributed by atoms with Crippen LogP contribution in [0.5, 0.6) is 0 Å². The maximum absolute atomic E-state index is 9.09. The topological polar surface area (TPSA) is 41.6 Å². The van der Waals surface area contributed by atoms with Gasteiger partial charge in [0.1, 0.15) is 6.07 Å². The highest BCUT2D eigenvalue weighted by Gasteiger charge is 2.11. The van der Waals surface area contributed by atoms with Crippen molar-refractivity contribution < 1.29 is 0 Å². The third-order valence-electron chi connectivity index (χ3n) is 3.04. The minimum atomic E-state index is 0.356. The monoisotopic (exact) mass is 313 g/mol. The van der Waals surface area contributed by atoms with Crippen molar-refractivity contribution in [3.05, 3.63) is 70.3 Å². The third-order valence-corrected chi connectivity index (χ3v) is 3.54. The Morgan fingerprint density at radius 1 is 0.905 bits per heavy atom. The number of nitrogens with zero attached hydrogens (tertiary/aromatic N) is 3. The van der Waals surface area contributed by atoms with Crippen LogP contribution in [-0.4, -0.2) is 9.78 Å². The second kappa shape index (κ2) is 5.61. The first-order valence-corrected chi connectivity index (χ1v) is 6.95. The predicted octanol–water partition coefficient (Wildman–Crippen LogP) is 4.72. The largest absolute Gasteiger partial charge is 0.232 e. The molecule has 5 heteroatoms. The number of hydrogen-bond acceptors (Lipinski definition) is 2. The zero-order chi connectivity index (χ0) is 14.8. The van der Waals surface area contributed by atoms with Crippen LogP contribution < -0.4 is 0 Å². The maximum atomic E-state index is 9.09. The van der Waals surface area contributed by atoms with Gasteiger partial charge >= 0.3 is 0 Å². The Balaban J connectivity index is 2.16. The van der Waals surface area contributed by atoms with Gasteiger partial charge in [0.25, 0.3) is 0 Å². The van der Waals surface area contributed by atoms with Crippen LogP contribution >= 0.6 is 23.2 Å². The predicted molar refractivity (Wildman–Crippen MR) is 83.7 cm³/mol. The van der Waals surface area contributed by atoms with Gasteiger partial charge in [-0.2, -0.15) is 10.4 Å². The molecule has 0 aliphatic heterocycles. The van der Waals surface area contributed by atoms with Crippen LogP contribution in [0, 0.1) is 11.3 Å². The molecular formula is C16H9Cl2N3. The van der Waals surface area contributed by atoms with E-state index in [1.807, 2.05) is 36.4 Å². The SMILES string of the molecule is N#Cc1cc(-c2ccc(Cl)cc2)n(-c2ccc(Cl)cc2)n1. The molecule has 0 N–H and O–H groups in total. The molecule has 0 saturated heterocycles. The van der Waals surface area contributed by atoms with Gasteiger partial charge in [-0.1, -0.05) is 35.3 Å². The Morgan fingerprint density at radius 3 is 2.05 bits per heavy atom. The number of aromatic nitrogens is 2. The summed E-state index contributed by atoms with van der Waals surface area (Å²) in [5, 5.41) is 14.7. The average Bonchev–Trinajstić information content (AvgIpc) is 2.93. The van der Waals surface area contributed by atoms with E-state index < -0.39 is 0 Å². The fraction of sp³-hybridized carbons (Fsp3) is 0. The lowest BCUT2D eigenvalue weighted by atomic mass is 10.1. The molecule has 0 unspecified atom stereocenters. The zero-order valence-corrected chi connectivity index (χ0v) is 12.3. The van der Waals surface area contributed by atoms with Gasteiger partial charge in [-0.25, -0.2) is 4.68 Å². The van der Waals surface area contributed by atoms with Gasteiger partial charge in [0.05, 0.1) is 11.4 Å². The van der Waals surface area contributed by atoms with Crippen LogP contribution in [0.3, 0.4) is 0 Å². The highest BCUT2D eigenvalue weighted by atomic mass is 35.5. The van der Waals surface area contributed by atoms with E-state index >= 15 is 0 Å². The molecule has 21 heavy (non-hydrogen) atoms. The molecule has 0 saturated carbocycles. The molecule has 0 aliphatic rings. The number of hydrogen-bond donors (Lipinski definition) is 0. The Morgan fingerprint density at radius 2 is 1.48 bits per heavy atom. The van der Waals surface area contributed by atoms with Crippen molar-refractivity contribution in [1.82, 2.24) is 9.78 Å². The Kier molecular flexibility index (Phi) is 3.66. The van der Waals surface area contributed by atoms with Gasteiger partial charge in [0, 0.05) is 21.7 Å². The molecular weight excluding hydrogens is 305 g/mol. The molecule has 2 aromatic carbocycles. The number of rotatable bonds is 2. The van der Waals surface area contributed by atoms with E-state index in [1.54, 1.807) is 22.9 Å². The van der Waals surface area contributed by atoms with Crippen molar-refractivity contribution in [2.75, 3.05) is 0 Å². The molecule has 102 valence electrons. The van der Waals surface area contributed by atoms with E-state index in [9.17, 15) is 0 Å². The standard InChI is InChI=1S/C16H9Cl2N3/c17-12-3-1-11(2-4-12)16-9-14(10-19)20-21(16)15-7-5-13(18)6-8-15/h1-9H. The summed E-state index contributed by atoms with van der Waals surface area (Å²) in [5.41, 5.74) is 2.95. The molecule has 0 bridgehead atoms. The molecule has 0 spiro atoms. The van der Waals surface area contributed by atoms with Crippen molar-refractivity contribution in [3.63, 3.8) is 0 Å². The van der Waals surface area contributed by atoms with E-state index in [4.69, 9.17) is 28.5 Å². The molecule has 0 aliphatic carbocycles. The molecule has 0 amide bonds. The minimum Gasteiger partial charge on any atom is -0.232 e. The van der Waals surface area contributed by atoms with Crippen LogP contribution in [-0.2, 0) is 0 Å². The molecule has 3 nitrogen and oxygen atoms in total. The van der Waals surface area contributed by atoms with E-state index in [1.165, 1.54) is 0 Å². The van der Waals surface area contributed by atoms with Gasteiger partial charge in [-0.3, -0.25) is 0 Å². The first-order valence-electron chi connectivity index (χ1n) is 6.19. The van der Waals surface area contributed by atoms with Gasteiger partial charge in [-0.15, -0.1) is 0 Å². The molecule has 1 aromatic heterocycles. The van der Waals surface area contributed by atoms with Gasteiger partial charge in [0.15, 0.2) is 5.69 Å². The smallest absolute Gasteiger partial charge is 0.163 e. The summed E-state index contributed by atoms with van der Waals surface area (Å²) in [6.45, 7) is 0. The maximum Gasteiger partial charge on any atom is 0.163 e. The van der Waals surface area contributed by atoms with Crippen molar-refractivity contribution >= 4 is 23.2 Å². The first-order chi connectivity index (χ1) is 10.2. The van der Waals surface area contributed by atoms with Gasteiger partial charge < -0.3 is 0 Å². The number of benzene rings is 2. The summed E-state index contributed by atoms with van der Waals surface area (Å²) >= 11 is 11.8.